The molecule has 4 unspecified atom stereocenters. The van der Waals surface area contributed by atoms with Gasteiger partial charge >= 0.3 is 0 Å². The fraction of sp³-hybridized carbons (Fsp3) is 0.941. The third-order valence-electron chi connectivity index (χ3n) is 6.36. The topological polar surface area (TPSA) is 24.4 Å². The van der Waals surface area contributed by atoms with E-state index in [9.17, 15) is 0 Å². The Morgan fingerprint density at radius 3 is 2.60 bits per heavy atom. The van der Waals surface area contributed by atoms with Gasteiger partial charge in [-0.1, -0.05) is 32.0 Å². The van der Waals surface area contributed by atoms with Crippen LogP contribution in [0.15, 0.2) is 4.99 Å². The SMILES string of the molecule is CCC1(CC)CN=C(NC(C)C2CC3CCC2C3)SC1. The second-order valence-electron chi connectivity index (χ2n) is 7.39. The highest BCUT2D eigenvalue weighted by atomic mass is 32.2. The van der Waals surface area contributed by atoms with Crippen molar-refractivity contribution >= 4 is 16.9 Å². The van der Waals surface area contributed by atoms with Crippen LogP contribution in [-0.2, 0) is 0 Å². The van der Waals surface area contributed by atoms with Crippen LogP contribution >= 0.6 is 11.8 Å². The fourth-order valence-corrected chi connectivity index (χ4v) is 5.89. The highest BCUT2D eigenvalue weighted by Gasteiger charge is 2.42. The lowest BCUT2D eigenvalue weighted by Gasteiger charge is -2.35. The molecule has 0 spiro atoms. The summed E-state index contributed by atoms with van der Waals surface area (Å²) in [6.45, 7) is 8.04. The molecule has 2 fully saturated rings. The maximum atomic E-state index is 4.87. The predicted molar refractivity (Wildman–Crippen MR) is 89.3 cm³/mol. The van der Waals surface area contributed by atoms with E-state index in [0.29, 0.717) is 11.5 Å². The first-order valence-electron chi connectivity index (χ1n) is 8.59. The van der Waals surface area contributed by atoms with E-state index in [1.54, 1.807) is 0 Å². The van der Waals surface area contributed by atoms with E-state index in [1.165, 1.54) is 49.4 Å². The van der Waals surface area contributed by atoms with Crippen molar-refractivity contribution in [3.63, 3.8) is 0 Å². The van der Waals surface area contributed by atoms with Gasteiger partial charge in [-0.25, -0.2) is 0 Å². The van der Waals surface area contributed by atoms with Crippen LogP contribution in [-0.4, -0.2) is 23.5 Å². The Balaban J connectivity index is 1.55. The summed E-state index contributed by atoms with van der Waals surface area (Å²) in [5.74, 6) is 4.20. The molecule has 1 aliphatic heterocycles. The van der Waals surface area contributed by atoms with E-state index in [0.717, 1.165) is 24.3 Å². The van der Waals surface area contributed by atoms with Gasteiger partial charge in [0.1, 0.15) is 0 Å². The molecule has 0 amide bonds. The Hall–Kier alpha value is -0.180. The number of amidine groups is 1. The summed E-state index contributed by atoms with van der Waals surface area (Å²) in [6.07, 6.45) is 8.47. The number of hydrogen-bond acceptors (Lipinski definition) is 3. The largest absolute Gasteiger partial charge is 0.362 e. The van der Waals surface area contributed by atoms with Crippen LogP contribution in [0.25, 0.3) is 0 Å². The maximum absolute atomic E-state index is 4.87. The summed E-state index contributed by atoms with van der Waals surface area (Å²) in [5.41, 5.74) is 0.464. The molecule has 0 aromatic rings. The molecule has 0 aromatic heterocycles. The van der Waals surface area contributed by atoms with Crippen molar-refractivity contribution in [1.82, 2.24) is 5.32 Å². The Kier molecular flexibility index (Phi) is 4.35. The van der Waals surface area contributed by atoms with Crippen molar-refractivity contribution in [2.75, 3.05) is 12.3 Å². The van der Waals surface area contributed by atoms with Gasteiger partial charge in [-0.15, -0.1) is 0 Å². The molecule has 2 aliphatic carbocycles. The average molecular weight is 295 g/mol. The summed E-state index contributed by atoms with van der Waals surface area (Å²) < 4.78 is 0. The Morgan fingerprint density at radius 2 is 2.10 bits per heavy atom. The predicted octanol–water partition coefficient (Wildman–Crippen LogP) is 4.31. The maximum Gasteiger partial charge on any atom is 0.156 e. The van der Waals surface area contributed by atoms with Crippen molar-refractivity contribution in [3.8, 4) is 0 Å². The molecule has 3 heteroatoms. The van der Waals surface area contributed by atoms with E-state index >= 15 is 0 Å². The van der Waals surface area contributed by atoms with Crippen LogP contribution in [0, 0.1) is 23.2 Å². The third-order valence-corrected chi connectivity index (χ3v) is 7.64. The van der Waals surface area contributed by atoms with Crippen LogP contribution < -0.4 is 5.32 Å². The lowest BCUT2D eigenvalue weighted by atomic mass is 9.84. The second kappa shape index (κ2) is 5.90. The lowest BCUT2D eigenvalue weighted by Crippen LogP contribution is -2.42. The van der Waals surface area contributed by atoms with Gasteiger partial charge in [-0.2, -0.15) is 0 Å². The van der Waals surface area contributed by atoms with Gasteiger partial charge in [0.2, 0.25) is 0 Å². The molecule has 2 nitrogen and oxygen atoms in total. The molecule has 0 aromatic carbocycles. The van der Waals surface area contributed by atoms with Gasteiger partial charge in [0.25, 0.3) is 0 Å². The summed E-state index contributed by atoms with van der Waals surface area (Å²) in [5, 5.41) is 4.96. The molecule has 3 rings (SSSR count). The van der Waals surface area contributed by atoms with Crippen molar-refractivity contribution in [2.45, 2.75) is 65.3 Å². The van der Waals surface area contributed by atoms with E-state index in [4.69, 9.17) is 4.99 Å². The summed E-state index contributed by atoms with van der Waals surface area (Å²) in [6, 6.07) is 0.618. The van der Waals surface area contributed by atoms with Crippen molar-refractivity contribution in [1.29, 1.82) is 0 Å². The number of aliphatic imine (C=N–C) groups is 1. The number of rotatable bonds is 4. The van der Waals surface area contributed by atoms with E-state index in [2.05, 4.69) is 26.1 Å². The second-order valence-corrected chi connectivity index (χ2v) is 8.35. The Bertz CT molecular complexity index is 375. The van der Waals surface area contributed by atoms with Crippen LogP contribution in [0.2, 0.25) is 0 Å². The molecule has 3 aliphatic rings. The quantitative estimate of drug-likeness (QED) is 0.835. The zero-order chi connectivity index (χ0) is 14.2. The minimum atomic E-state index is 0.464. The van der Waals surface area contributed by atoms with Gasteiger partial charge in [0.05, 0.1) is 0 Å². The normalized spacial score (nSPS) is 36.8. The van der Waals surface area contributed by atoms with Crippen LogP contribution in [0.1, 0.15) is 59.3 Å². The van der Waals surface area contributed by atoms with Gasteiger partial charge in [-0.05, 0) is 62.2 Å². The summed E-state index contributed by atoms with van der Waals surface area (Å²) in [7, 11) is 0. The first-order valence-corrected chi connectivity index (χ1v) is 9.58. The molecule has 20 heavy (non-hydrogen) atoms. The zero-order valence-corrected chi connectivity index (χ0v) is 14.1. The molecule has 4 atom stereocenters. The monoisotopic (exact) mass is 294 g/mol. The molecule has 0 saturated heterocycles. The smallest absolute Gasteiger partial charge is 0.156 e. The van der Waals surface area contributed by atoms with Crippen LogP contribution in [0.5, 0.6) is 0 Å². The van der Waals surface area contributed by atoms with Crippen molar-refractivity contribution in [2.24, 2.45) is 28.2 Å². The van der Waals surface area contributed by atoms with E-state index < -0.39 is 0 Å². The number of thioether (sulfide) groups is 1. The highest BCUT2D eigenvalue weighted by molar-refractivity contribution is 8.13. The van der Waals surface area contributed by atoms with Gasteiger partial charge in [-0.3, -0.25) is 4.99 Å². The van der Waals surface area contributed by atoms with Crippen molar-refractivity contribution in [3.05, 3.63) is 0 Å². The molecule has 114 valence electrons. The molecule has 2 saturated carbocycles. The molecular formula is C17H30N2S. The molecule has 2 bridgehead atoms. The van der Waals surface area contributed by atoms with E-state index in [-0.39, 0.29) is 0 Å². The van der Waals surface area contributed by atoms with Gasteiger partial charge < -0.3 is 5.32 Å². The number of nitrogens with one attached hydrogen (secondary N) is 1. The van der Waals surface area contributed by atoms with Crippen LogP contribution in [0.4, 0.5) is 0 Å². The summed E-state index contributed by atoms with van der Waals surface area (Å²) >= 11 is 1.97. The first kappa shape index (κ1) is 14.7. The van der Waals surface area contributed by atoms with Gasteiger partial charge in [0, 0.05) is 18.3 Å². The molecule has 1 N–H and O–H groups in total. The molecule has 0 radical (unpaired) electrons. The minimum absolute atomic E-state index is 0.464. The molecule has 1 heterocycles. The number of fused-ring (bicyclic) bond motifs is 2. The Labute approximate surface area is 128 Å². The number of hydrogen-bond donors (Lipinski definition) is 1. The highest BCUT2D eigenvalue weighted by Crippen LogP contribution is 2.49. The average Bonchev–Trinajstić information content (AvgIpc) is 3.11. The standard InChI is InChI=1S/C17H30N2S/c1-4-17(5-2)10-18-16(20-11-17)19-12(3)15-9-13-6-7-14(15)8-13/h12-15H,4-11H2,1-3H3,(H,18,19). The zero-order valence-electron chi connectivity index (χ0n) is 13.3. The lowest BCUT2D eigenvalue weighted by molar-refractivity contribution is 0.278. The molecular weight excluding hydrogens is 264 g/mol. The number of nitrogens with zero attached hydrogens (tertiary/aromatic N) is 1. The minimum Gasteiger partial charge on any atom is -0.362 e. The van der Waals surface area contributed by atoms with Gasteiger partial charge in [0.15, 0.2) is 5.17 Å². The summed E-state index contributed by atoms with van der Waals surface area (Å²) in [4.78, 5) is 4.87. The van der Waals surface area contributed by atoms with E-state index in [1.807, 2.05) is 11.8 Å². The first-order chi connectivity index (χ1) is 9.65. The third kappa shape index (κ3) is 2.75. The van der Waals surface area contributed by atoms with Crippen LogP contribution in [0.3, 0.4) is 0 Å². The fourth-order valence-electron chi connectivity index (χ4n) is 4.53. The Morgan fingerprint density at radius 1 is 1.30 bits per heavy atom. The van der Waals surface area contributed by atoms with Crippen molar-refractivity contribution < 1.29 is 0 Å².